The summed E-state index contributed by atoms with van der Waals surface area (Å²) in [4.78, 5) is 11.0. The molecule has 1 saturated heterocycles. The summed E-state index contributed by atoms with van der Waals surface area (Å²) >= 11 is 0. The van der Waals surface area contributed by atoms with E-state index < -0.39 is 0 Å². The van der Waals surface area contributed by atoms with Crippen LogP contribution in [0.4, 0.5) is 0 Å². The summed E-state index contributed by atoms with van der Waals surface area (Å²) in [6.45, 7) is 0.471. The lowest BCUT2D eigenvalue weighted by molar-refractivity contribution is -0.137. The molecule has 1 fully saturated rings. The van der Waals surface area contributed by atoms with Crippen molar-refractivity contribution in [3.05, 3.63) is 29.8 Å². The van der Waals surface area contributed by atoms with Gasteiger partial charge in [0, 0.05) is 11.5 Å². The number of rotatable bonds is 2. The van der Waals surface area contributed by atoms with Gasteiger partial charge in [0.1, 0.15) is 5.75 Å². The number of benzene rings is 1. The highest BCUT2D eigenvalue weighted by Gasteiger charge is 2.27. The zero-order valence-corrected chi connectivity index (χ0v) is 8.03. The van der Waals surface area contributed by atoms with Crippen molar-refractivity contribution in [3.8, 4) is 5.75 Å². The molecule has 0 radical (unpaired) electrons. The van der Waals surface area contributed by atoms with Crippen LogP contribution in [0.1, 0.15) is 17.9 Å². The first kappa shape index (κ1) is 9.06. The number of cyclic esters (lactones) is 1. The maximum Gasteiger partial charge on any atom is 0.306 e. The molecule has 1 heterocycles. The van der Waals surface area contributed by atoms with E-state index in [9.17, 15) is 4.79 Å². The zero-order valence-electron chi connectivity index (χ0n) is 8.03. The molecule has 1 unspecified atom stereocenters. The van der Waals surface area contributed by atoms with Crippen molar-refractivity contribution >= 4 is 5.97 Å². The van der Waals surface area contributed by atoms with Crippen molar-refractivity contribution in [2.75, 3.05) is 13.7 Å². The second kappa shape index (κ2) is 3.70. The number of esters is 1. The van der Waals surface area contributed by atoms with Crippen molar-refractivity contribution < 1.29 is 14.3 Å². The van der Waals surface area contributed by atoms with Gasteiger partial charge in [0.25, 0.3) is 0 Å². The van der Waals surface area contributed by atoms with Crippen LogP contribution in [0.15, 0.2) is 24.3 Å². The third-order valence-electron chi connectivity index (χ3n) is 2.44. The molecule has 0 bridgehead atoms. The summed E-state index contributed by atoms with van der Waals surface area (Å²) in [7, 11) is 1.64. The van der Waals surface area contributed by atoms with Crippen molar-refractivity contribution in [3.63, 3.8) is 0 Å². The average Bonchev–Trinajstić information content (AvgIpc) is 2.65. The van der Waals surface area contributed by atoms with Crippen LogP contribution in [0, 0.1) is 0 Å². The summed E-state index contributed by atoms with van der Waals surface area (Å²) < 4.78 is 10.2. The smallest absolute Gasteiger partial charge is 0.306 e. The largest absolute Gasteiger partial charge is 0.496 e. The highest BCUT2D eigenvalue weighted by atomic mass is 16.5. The van der Waals surface area contributed by atoms with Crippen LogP contribution < -0.4 is 4.74 Å². The molecule has 3 nitrogen and oxygen atoms in total. The minimum atomic E-state index is -0.124. The Labute approximate surface area is 82.6 Å². The maximum absolute atomic E-state index is 11.0. The fraction of sp³-hybridized carbons (Fsp3) is 0.364. The van der Waals surface area contributed by atoms with Crippen molar-refractivity contribution in [1.29, 1.82) is 0 Å². The van der Waals surface area contributed by atoms with E-state index in [1.54, 1.807) is 7.11 Å². The molecule has 0 amide bonds. The number of carbonyl (C=O) groups excluding carboxylic acids is 1. The molecule has 3 heteroatoms. The Morgan fingerprint density at radius 3 is 2.86 bits per heavy atom. The fourth-order valence-corrected chi connectivity index (χ4v) is 1.72. The predicted molar refractivity (Wildman–Crippen MR) is 51.3 cm³/mol. The topological polar surface area (TPSA) is 35.5 Å². The Bertz CT molecular complexity index is 346. The predicted octanol–water partition coefficient (Wildman–Crippen LogP) is 1.73. The van der Waals surface area contributed by atoms with Crippen molar-refractivity contribution in [2.45, 2.75) is 12.3 Å². The van der Waals surface area contributed by atoms with Crippen LogP contribution in [-0.4, -0.2) is 19.7 Å². The molecule has 1 atom stereocenters. The van der Waals surface area contributed by atoms with Gasteiger partial charge < -0.3 is 9.47 Å². The second-order valence-electron chi connectivity index (χ2n) is 3.33. The highest BCUT2D eigenvalue weighted by Crippen LogP contribution is 2.32. The molecule has 1 aliphatic rings. The van der Waals surface area contributed by atoms with E-state index in [1.165, 1.54) is 0 Å². The van der Waals surface area contributed by atoms with E-state index in [2.05, 4.69) is 0 Å². The number of carbonyl (C=O) groups is 1. The van der Waals surface area contributed by atoms with Gasteiger partial charge in [-0.05, 0) is 6.07 Å². The standard InChI is InChI=1S/C11H12O3/c1-13-10-5-3-2-4-9(10)8-6-11(12)14-7-8/h2-5,8H,6-7H2,1H3. The van der Waals surface area contributed by atoms with E-state index in [4.69, 9.17) is 9.47 Å². The summed E-state index contributed by atoms with van der Waals surface area (Å²) in [6.07, 6.45) is 0.459. The van der Waals surface area contributed by atoms with Gasteiger partial charge in [-0.3, -0.25) is 4.79 Å². The highest BCUT2D eigenvalue weighted by molar-refractivity contribution is 5.73. The first-order chi connectivity index (χ1) is 6.81. The number of ether oxygens (including phenoxy) is 2. The molecule has 0 aliphatic carbocycles. The maximum atomic E-state index is 11.0. The van der Waals surface area contributed by atoms with Gasteiger partial charge in [0.05, 0.1) is 20.1 Å². The van der Waals surface area contributed by atoms with E-state index in [0.29, 0.717) is 13.0 Å². The van der Waals surface area contributed by atoms with Crippen LogP contribution in [0.25, 0.3) is 0 Å². The lowest BCUT2D eigenvalue weighted by atomic mass is 9.97. The first-order valence-corrected chi connectivity index (χ1v) is 4.60. The molecular formula is C11H12O3. The van der Waals surface area contributed by atoms with E-state index in [-0.39, 0.29) is 11.9 Å². The summed E-state index contributed by atoms with van der Waals surface area (Å²) in [5.74, 6) is 0.857. The van der Waals surface area contributed by atoms with Crippen LogP contribution in [0.3, 0.4) is 0 Å². The SMILES string of the molecule is COc1ccccc1C1COC(=O)C1. The quantitative estimate of drug-likeness (QED) is 0.669. The fourth-order valence-electron chi connectivity index (χ4n) is 1.72. The molecule has 14 heavy (non-hydrogen) atoms. The number of para-hydroxylation sites is 1. The van der Waals surface area contributed by atoms with Gasteiger partial charge >= 0.3 is 5.97 Å². The molecule has 1 aromatic carbocycles. The Morgan fingerprint density at radius 1 is 1.43 bits per heavy atom. The monoisotopic (exact) mass is 192 g/mol. The second-order valence-corrected chi connectivity index (χ2v) is 3.33. The van der Waals surface area contributed by atoms with Gasteiger partial charge in [0.2, 0.25) is 0 Å². The summed E-state index contributed by atoms with van der Waals surface area (Å²) in [5, 5.41) is 0. The third kappa shape index (κ3) is 1.58. The van der Waals surface area contributed by atoms with Gasteiger partial charge in [-0.25, -0.2) is 0 Å². The van der Waals surface area contributed by atoms with Gasteiger partial charge in [-0.1, -0.05) is 18.2 Å². The Morgan fingerprint density at radius 2 is 2.21 bits per heavy atom. The van der Waals surface area contributed by atoms with Crippen LogP contribution in [0.5, 0.6) is 5.75 Å². The van der Waals surface area contributed by atoms with E-state index in [1.807, 2.05) is 24.3 Å². The number of hydrogen-bond donors (Lipinski definition) is 0. The third-order valence-corrected chi connectivity index (χ3v) is 2.44. The molecule has 0 saturated carbocycles. The molecule has 0 aromatic heterocycles. The Hall–Kier alpha value is -1.51. The van der Waals surface area contributed by atoms with Gasteiger partial charge in [0.15, 0.2) is 0 Å². The molecule has 1 aliphatic heterocycles. The minimum Gasteiger partial charge on any atom is -0.496 e. The normalized spacial score (nSPS) is 20.6. The summed E-state index contributed by atoms with van der Waals surface area (Å²) in [5.41, 5.74) is 1.06. The zero-order chi connectivity index (χ0) is 9.97. The molecular weight excluding hydrogens is 180 g/mol. The molecule has 0 N–H and O–H groups in total. The molecule has 1 aromatic rings. The Balaban J connectivity index is 2.27. The van der Waals surface area contributed by atoms with Crippen LogP contribution in [0.2, 0.25) is 0 Å². The number of hydrogen-bond acceptors (Lipinski definition) is 3. The van der Waals surface area contributed by atoms with Crippen molar-refractivity contribution in [2.24, 2.45) is 0 Å². The lowest BCUT2D eigenvalue weighted by Gasteiger charge is -2.11. The first-order valence-electron chi connectivity index (χ1n) is 4.60. The van der Waals surface area contributed by atoms with Gasteiger partial charge in [-0.15, -0.1) is 0 Å². The average molecular weight is 192 g/mol. The lowest BCUT2D eigenvalue weighted by Crippen LogP contribution is -2.00. The van der Waals surface area contributed by atoms with E-state index >= 15 is 0 Å². The Kier molecular flexibility index (Phi) is 2.39. The summed E-state index contributed by atoms with van der Waals surface area (Å²) in [6, 6.07) is 7.74. The minimum absolute atomic E-state index is 0.124. The number of methoxy groups -OCH3 is 1. The molecule has 2 rings (SSSR count). The van der Waals surface area contributed by atoms with Crippen molar-refractivity contribution in [1.82, 2.24) is 0 Å². The van der Waals surface area contributed by atoms with E-state index in [0.717, 1.165) is 11.3 Å². The van der Waals surface area contributed by atoms with Crippen LogP contribution in [-0.2, 0) is 9.53 Å². The van der Waals surface area contributed by atoms with Gasteiger partial charge in [-0.2, -0.15) is 0 Å². The van der Waals surface area contributed by atoms with Crippen LogP contribution >= 0.6 is 0 Å². The molecule has 0 spiro atoms. The molecule has 74 valence electrons.